The van der Waals surface area contributed by atoms with Crippen LogP contribution in [-0.4, -0.2) is 30.2 Å². The van der Waals surface area contributed by atoms with Gasteiger partial charge in [0.05, 0.1) is 22.6 Å². The normalized spacial score (nSPS) is 16.9. The quantitative estimate of drug-likeness (QED) is 0.847. The van der Waals surface area contributed by atoms with Crippen molar-refractivity contribution in [1.29, 1.82) is 0 Å². The molecule has 0 fully saturated rings. The Hall–Kier alpha value is -1.47. The van der Waals surface area contributed by atoms with Crippen molar-refractivity contribution in [2.45, 2.75) is 12.2 Å². The van der Waals surface area contributed by atoms with E-state index >= 15 is 0 Å². The van der Waals surface area contributed by atoms with Gasteiger partial charge in [-0.25, -0.2) is 13.2 Å². The van der Waals surface area contributed by atoms with Gasteiger partial charge in [0, 0.05) is 27.5 Å². The lowest BCUT2D eigenvalue weighted by Gasteiger charge is -2.19. The highest BCUT2D eigenvalue weighted by Crippen LogP contribution is 2.33. The van der Waals surface area contributed by atoms with E-state index in [1.165, 1.54) is 0 Å². The summed E-state index contributed by atoms with van der Waals surface area (Å²) in [6.07, 6.45) is 0.264. The Balaban J connectivity index is 2.46. The van der Waals surface area contributed by atoms with Crippen LogP contribution in [0.15, 0.2) is 22.7 Å². The lowest BCUT2D eigenvalue weighted by atomic mass is 10.00. The molecule has 0 spiro atoms. The van der Waals surface area contributed by atoms with Crippen molar-refractivity contribution in [3.63, 3.8) is 0 Å². The van der Waals surface area contributed by atoms with Crippen molar-refractivity contribution >= 4 is 42.6 Å². The molecule has 1 aliphatic heterocycles. The first-order valence-electron chi connectivity index (χ1n) is 5.93. The minimum absolute atomic E-state index is 0.0194. The van der Waals surface area contributed by atoms with Crippen LogP contribution in [0.2, 0.25) is 0 Å². The Morgan fingerprint density at radius 1 is 1.35 bits per heavy atom. The third-order valence-electron chi connectivity index (χ3n) is 3.38. The van der Waals surface area contributed by atoms with Crippen molar-refractivity contribution in [2.24, 2.45) is 0 Å². The maximum atomic E-state index is 11.8. The van der Waals surface area contributed by atoms with Gasteiger partial charge in [0.25, 0.3) is 0 Å². The van der Waals surface area contributed by atoms with Gasteiger partial charge in [0.1, 0.15) is 0 Å². The molecule has 0 radical (unpaired) electrons. The van der Waals surface area contributed by atoms with E-state index in [0.717, 1.165) is 0 Å². The highest BCUT2D eigenvalue weighted by molar-refractivity contribution is 9.10. The zero-order chi connectivity index (χ0) is 14.5. The molecule has 0 amide bonds. The van der Waals surface area contributed by atoms with Gasteiger partial charge in [-0.15, -0.1) is 0 Å². The fourth-order valence-electron chi connectivity index (χ4n) is 2.50. The number of hydrogen-bond acceptors (Lipinski definition) is 4. The summed E-state index contributed by atoms with van der Waals surface area (Å²) in [7, 11) is -3.25. The van der Waals surface area contributed by atoms with Crippen LogP contribution < -0.4 is 0 Å². The van der Waals surface area contributed by atoms with Crippen LogP contribution in [-0.2, 0) is 22.0 Å². The number of nitrogens with zero attached hydrogens (tertiary/aromatic N) is 1. The van der Waals surface area contributed by atoms with E-state index in [2.05, 4.69) is 20.9 Å². The number of fused-ring (bicyclic) bond motifs is 2. The molecule has 0 aliphatic carbocycles. The van der Waals surface area contributed by atoms with Crippen molar-refractivity contribution < 1.29 is 18.3 Å². The molecule has 0 saturated heterocycles. The number of hydrogen-bond donors (Lipinski definition) is 1. The molecule has 1 N–H and O–H groups in total. The third-order valence-corrected chi connectivity index (χ3v) is 5.59. The highest BCUT2D eigenvalue weighted by atomic mass is 79.9. The van der Waals surface area contributed by atoms with Gasteiger partial charge in [0.15, 0.2) is 9.84 Å². The van der Waals surface area contributed by atoms with Crippen LogP contribution in [0.4, 0.5) is 0 Å². The van der Waals surface area contributed by atoms with Crippen LogP contribution in [0.3, 0.4) is 0 Å². The summed E-state index contributed by atoms with van der Waals surface area (Å²) in [5.74, 6) is -1.36. The molecule has 1 aromatic heterocycles. The third kappa shape index (κ3) is 2.10. The zero-order valence-corrected chi connectivity index (χ0v) is 12.7. The molecule has 7 heteroatoms. The summed E-state index contributed by atoms with van der Waals surface area (Å²) < 4.78 is 24.2. The van der Waals surface area contributed by atoms with Crippen LogP contribution in [0.25, 0.3) is 10.9 Å². The first-order valence-corrected chi connectivity index (χ1v) is 8.54. The van der Waals surface area contributed by atoms with E-state index in [4.69, 9.17) is 0 Å². The molecule has 2 aromatic rings. The van der Waals surface area contributed by atoms with Crippen molar-refractivity contribution in [3.8, 4) is 0 Å². The lowest BCUT2D eigenvalue weighted by molar-refractivity contribution is 0.0698. The number of aryl methyl sites for hydroxylation is 1. The lowest BCUT2D eigenvalue weighted by Crippen LogP contribution is -2.23. The summed E-state index contributed by atoms with van der Waals surface area (Å²) in [4.78, 5) is 16.0. The summed E-state index contributed by atoms with van der Waals surface area (Å²) in [5.41, 5.74) is 1.50. The van der Waals surface area contributed by atoms with E-state index in [-0.39, 0.29) is 23.5 Å². The Morgan fingerprint density at radius 2 is 2.10 bits per heavy atom. The van der Waals surface area contributed by atoms with Gasteiger partial charge < -0.3 is 5.11 Å². The summed E-state index contributed by atoms with van der Waals surface area (Å²) in [6.45, 7) is 0. The fraction of sp³-hybridized carbons (Fsp3) is 0.231. The number of carboxylic acid groups (broad SMARTS) is 1. The molecule has 1 aromatic carbocycles. The maximum absolute atomic E-state index is 11.8. The number of carbonyl (C=O) groups is 1. The average molecular weight is 356 g/mol. The van der Waals surface area contributed by atoms with Crippen molar-refractivity contribution in [2.75, 3.05) is 5.75 Å². The predicted octanol–water partition coefficient (Wildman–Crippen LogP) is 2.17. The van der Waals surface area contributed by atoms with Gasteiger partial charge in [-0.05, 0) is 12.1 Å². The number of benzene rings is 1. The highest BCUT2D eigenvalue weighted by Gasteiger charge is 2.29. The molecule has 2 heterocycles. The molecule has 1 aliphatic rings. The second-order valence-corrected chi connectivity index (χ2v) is 7.73. The average Bonchev–Trinajstić information content (AvgIpc) is 2.36. The first kappa shape index (κ1) is 13.5. The van der Waals surface area contributed by atoms with Gasteiger partial charge in [0.2, 0.25) is 0 Å². The fourth-order valence-corrected chi connectivity index (χ4v) is 4.46. The monoisotopic (exact) mass is 355 g/mol. The van der Waals surface area contributed by atoms with Crippen LogP contribution in [0.5, 0.6) is 0 Å². The van der Waals surface area contributed by atoms with E-state index in [1.54, 1.807) is 18.2 Å². The first-order chi connectivity index (χ1) is 9.39. The summed E-state index contributed by atoms with van der Waals surface area (Å²) >= 11 is 3.32. The predicted molar refractivity (Wildman–Crippen MR) is 77.6 cm³/mol. The maximum Gasteiger partial charge on any atom is 0.336 e. The van der Waals surface area contributed by atoms with Crippen molar-refractivity contribution in [1.82, 2.24) is 4.98 Å². The number of halogens is 1. The summed E-state index contributed by atoms with van der Waals surface area (Å²) in [6, 6.07) is 5.23. The van der Waals surface area contributed by atoms with Gasteiger partial charge in [-0.1, -0.05) is 22.0 Å². The van der Waals surface area contributed by atoms with E-state index < -0.39 is 15.8 Å². The largest absolute Gasteiger partial charge is 0.478 e. The molecule has 0 unspecified atom stereocenters. The number of aromatic nitrogens is 1. The number of carboxylic acids is 1. The minimum atomic E-state index is -3.25. The van der Waals surface area contributed by atoms with E-state index in [1.807, 2.05) is 0 Å². The minimum Gasteiger partial charge on any atom is -0.478 e. The Morgan fingerprint density at radius 3 is 2.80 bits per heavy atom. The van der Waals surface area contributed by atoms with Gasteiger partial charge in [-0.2, -0.15) is 0 Å². The van der Waals surface area contributed by atoms with Gasteiger partial charge in [-0.3, -0.25) is 4.98 Å². The molecular weight excluding hydrogens is 346 g/mol. The number of rotatable bonds is 1. The molecule has 0 bridgehead atoms. The van der Waals surface area contributed by atoms with E-state index in [9.17, 15) is 18.3 Å². The second kappa shape index (κ2) is 4.53. The molecule has 3 rings (SSSR count). The van der Waals surface area contributed by atoms with Crippen molar-refractivity contribution in [3.05, 3.63) is 39.5 Å². The zero-order valence-electron chi connectivity index (χ0n) is 10.3. The summed E-state index contributed by atoms with van der Waals surface area (Å²) in [5, 5.41) is 9.94. The smallest absolute Gasteiger partial charge is 0.336 e. The topological polar surface area (TPSA) is 84.3 Å². The Labute approximate surface area is 123 Å². The van der Waals surface area contributed by atoms with E-state index in [0.29, 0.717) is 26.6 Å². The van der Waals surface area contributed by atoms with Crippen LogP contribution in [0.1, 0.15) is 21.6 Å². The molecule has 0 atom stereocenters. The van der Waals surface area contributed by atoms with Crippen LogP contribution in [0, 0.1) is 0 Å². The molecule has 20 heavy (non-hydrogen) atoms. The standard InChI is InChI=1S/C13H10BrNO4S/c14-8-2-1-3-10-12(8)11(13(16)17)7-6-20(18,19)5-4-9(7)15-10/h1-3H,4-6H2,(H,16,17). The van der Waals surface area contributed by atoms with Crippen LogP contribution >= 0.6 is 15.9 Å². The molecule has 104 valence electrons. The number of pyridine rings is 1. The Kier molecular flexibility index (Phi) is 3.06. The van der Waals surface area contributed by atoms with Gasteiger partial charge >= 0.3 is 5.97 Å². The number of aromatic carboxylic acids is 1. The molecule has 5 nitrogen and oxygen atoms in total. The second-order valence-electron chi connectivity index (χ2n) is 4.69. The molecular formula is C13H10BrNO4S. The Bertz CT molecular complexity index is 845. The molecule has 0 saturated carbocycles. The SMILES string of the molecule is O=C(O)c1c2c(nc3cccc(Br)c13)CCS(=O)(=O)C2. The number of sulfone groups is 1.